The monoisotopic (exact) mass is 325 g/mol. The van der Waals surface area contributed by atoms with Crippen molar-refractivity contribution in [2.45, 2.75) is 23.2 Å². The second-order valence-electron chi connectivity index (χ2n) is 4.56. The number of sulfonamides is 1. The molecule has 1 aliphatic heterocycles. The van der Waals surface area contributed by atoms with Gasteiger partial charge in [-0.25, -0.2) is 17.2 Å². The topological polar surface area (TPSA) is 46.6 Å². The molecule has 1 saturated heterocycles. The van der Waals surface area contributed by atoms with Crippen LogP contribution in [0.25, 0.3) is 0 Å². The third-order valence-corrected chi connectivity index (χ3v) is 5.50. The van der Waals surface area contributed by atoms with Gasteiger partial charge in [0.2, 0.25) is 10.0 Å². The molecular formula is C12H14ClF2NO3S. The number of benzene rings is 1. The van der Waals surface area contributed by atoms with E-state index in [4.69, 9.17) is 16.3 Å². The van der Waals surface area contributed by atoms with E-state index in [1.165, 1.54) is 7.05 Å². The van der Waals surface area contributed by atoms with Crippen LogP contribution in [0, 0.1) is 11.6 Å². The van der Waals surface area contributed by atoms with Crippen LogP contribution >= 0.6 is 11.6 Å². The molecule has 0 bridgehead atoms. The van der Waals surface area contributed by atoms with E-state index in [1.807, 2.05) is 0 Å². The lowest BCUT2D eigenvalue weighted by Crippen LogP contribution is -2.37. The Labute approximate surface area is 121 Å². The minimum absolute atomic E-state index is 0.101. The molecule has 0 aliphatic carbocycles. The first kappa shape index (κ1) is 15.6. The van der Waals surface area contributed by atoms with Gasteiger partial charge >= 0.3 is 0 Å². The molecule has 0 N–H and O–H groups in total. The zero-order valence-corrected chi connectivity index (χ0v) is 12.3. The van der Waals surface area contributed by atoms with Crippen LogP contribution in [0.3, 0.4) is 0 Å². The molecule has 1 aromatic rings. The minimum Gasteiger partial charge on any atom is -0.380 e. The van der Waals surface area contributed by atoms with Crippen LogP contribution in [0.2, 0.25) is 0 Å². The maximum Gasteiger partial charge on any atom is 0.246 e. The van der Waals surface area contributed by atoms with Gasteiger partial charge in [0.05, 0.1) is 12.6 Å². The molecule has 4 nitrogen and oxygen atoms in total. The molecule has 1 atom stereocenters. The van der Waals surface area contributed by atoms with Crippen molar-refractivity contribution >= 4 is 21.6 Å². The average Bonchev–Trinajstić information content (AvgIpc) is 2.94. The molecule has 8 heteroatoms. The second kappa shape index (κ2) is 5.93. The van der Waals surface area contributed by atoms with E-state index in [0.29, 0.717) is 13.0 Å². The van der Waals surface area contributed by atoms with Gasteiger partial charge in [-0.3, -0.25) is 0 Å². The van der Waals surface area contributed by atoms with Gasteiger partial charge in [0.25, 0.3) is 0 Å². The van der Waals surface area contributed by atoms with Crippen LogP contribution in [0.15, 0.2) is 17.0 Å². The van der Waals surface area contributed by atoms with Crippen LogP contribution in [0.4, 0.5) is 8.78 Å². The Bertz CT molecular complexity index is 603. The number of hydrogen-bond acceptors (Lipinski definition) is 3. The lowest BCUT2D eigenvalue weighted by atomic mass is 10.2. The van der Waals surface area contributed by atoms with Crippen molar-refractivity contribution < 1.29 is 21.9 Å². The number of likely N-dealkylation sites (N-methyl/N-ethyl adjacent to an activating group) is 1. The second-order valence-corrected chi connectivity index (χ2v) is 6.80. The van der Waals surface area contributed by atoms with Crippen LogP contribution < -0.4 is 0 Å². The zero-order chi connectivity index (χ0) is 14.9. The number of alkyl halides is 1. The predicted molar refractivity (Wildman–Crippen MR) is 70.1 cm³/mol. The van der Waals surface area contributed by atoms with E-state index in [-0.39, 0.29) is 24.1 Å². The van der Waals surface area contributed by atoms with Crippen LogP contribution in [-0.4, -0.2) is 39.0 Å². The van der Waals surface area contributed by atoms with Gasteiger partial charge in [0.15, 0.2) is 11.6 Å². The van der Waals surface area contributed by atoms with Gasteiger partial charge in [-0.2, -0.15) is 4.31 Å². The molecular weight excluding hydrogens is 312 g/mol. The van der Waals surface area contributed by atoms with Gasteiger partial charge in [-0.05, 0) is 24.1 Å². The fraction of sp³-hybridized carbons (Fsp3) is 0.500. The molecule has 1 aromatic carbocycles. The average molecular weight is 326 g/mol. The maximum atomic E-state index is 13.8. The first-order valence-corrected chi connectivity index (χ1v) is 7.95. The third kappa shape index (κ3) is 2.81. The molecule has 0 saturated carbocycles. The Morgan fingerprint density at radius 1 is 1.45 bits per heavy atom. The molecule has 0 aromatic heterocycles. The zero-order valence-electron chi connectivity index (χ0n) is 10.8. The van der Waals surface area contributed by atoms with E-state index < -0.39 is 26.6 Å². The summed E-state index contributed by atoms with van der Waals surface area (Å²) in [7, 11) is -2.80. The number of rotatable bonds is 4. The fourth-order valence-electron chi connectivity index (χ4n) is 2.04. The summed E-state index contributed by atoms with van der Waals surface area (Å²) in [5.74, 6) is -2.71. The first-order valence-electron chi connectivity index (χ1n) is 5.97. The number of halogens is 3. The standard InChI is InChI=1S/C12H14ClF2NO3S/c1-16(9-2-3-19-7-9)20(17,18)11-5-8(6-13)4-10(14)12(11)15/h4-5,9H,2-3,6-7H2,1H3. The van der Waals surface area contributed by atoms with Crippen molar-refractivity contribution in [2.24, 2.45) is 0 Å². The highest BCUT2D eigenvalue weighted by molar-refractivity contribution is 7.89. The Hall–Kier alpha value is -0.760. The maximum absolute atomic E-state index is 13.8. The van der Waals surface area contributed by atoms with Crippen LogP contribution in [-0.2, 0) is 20.6 Å². The minimum atomic E-state index is -4.13. The van der Waals surface area contributed by atoms with Crippen molar-refractivity contribution in [1.82, 2.24) is 4.31 Å². The van der Waals surface area contributed by atoms with Crippen molar-refractivity contribution in [1.29, 1.82) is 0 Å². The van der Waals surface area contributed by atoms with Gasteiger partial charge < -0.3 is 4.74 Å². The fourth-order valence-corrected chi connectivity index (χ4v) is 3.69. The molecule has 0 radical (unpaired) electrons. The Morgan fingerprint density at radius 3 is 2.70 bits per heavy atom. The first-order chi connectivity index (χ1) is 9.37. The van der Waals surface area contributed by atoms with Crippen LogP contribution in [0.5, 0.6) is 0 Å². The Balaban J connectivity index is 2.45. The summed E-state index contributed by atoms with van der Waals surface area (Å²) < 4.78 is 58.2. The number of ether oxygens (including phenoxy) is 1. The number of nitrogens with zero attached hydrogens (tertiary/aromatic N) is 1. The summed E-state index contributed by atoms with van der Waals surface area (Å²) in [6.45, 7) is 0.693. The molecule has 1 fully saturated rings. The van der Waals surface area contributed by atoms with E-state index >= 15 is 0 Å². The molecule has 20 heavy (non-hydrogen) atoms. The van der Waals surface area contributed by atoms with E-state index in [9.17, 15) is 17.2 Å². The smallest absolute Gasteiger partial charge is 0.246 e. The van der Waals surface area contributed by atoms with Crippen molar-refractivity contribution in [3.8, 4) is 0 Å². The summed E-state index contributed by atoms with van der Waals surface area (Å²) in [5.41, 5.74) is 0.209. The summed E-state index contributed by atoms with van der Waals surface area (Å²) in [6, 6.07) is 1.58. The van der Waals surface area contributed by atoms with Crippen molar-refractivity contribution in [3.05, 3.63) is 29.3 Å². The molecule has 0 spiro atoms. The molecule has 1 heterocycles. The van der Waals surface area contributed by atoms with Crippen LogP contribution in [0.1, 0.15) is 12.0 Å². The predicted octanol–water partition coefficient (Wildman–Crippen LogP) is 2.11. The lowest BCUT2D eigenvalue weighted by molar-refractivity contribution is 0.180. The summed E-state index contributed by atoms with van der Waals surface area (Å²) >= 11 is 5.56. The quantitative estimate of drug-likeness (QED) is 0.797. The highest BCUT2D eigenvalue weighted by Crippen LogP contribution is 2.26. The Kier molecular flexibility index (Phi) is 4.63. The molecule has 1 aliphatic rings. The summed E-state index contributed by atoms with van der Waals surface area (Å²) in [5, 5.41) is 0. The van der Waals surface area contributed by atoms with Gasteiger partial charge in [0, 0.05) is 19.5 Å². The highest BCUT2D eigenvalue weighted by atomic mass is 35.5. The molecule has 1 unspecified atom stereocenters. The van der Waals surface area contributed by atoms with Crippen molar-refractivity contribution in [2.75, 3.05) is 20.3 Å². The van der Waals surface area contributed by atoms with Gasteiger partial charge in [-0.1, -0.05) is 0 Å². The largest absolute Gasteiger partial charge is 0.380 e. The van der Waals surface area contributed by atoms with E-state index in [0.717, 1.165) is 16.4 Å². The van der Waals surface area contributed by atoms with E-state index in [2.05, 4.69) is 0 Å². The Morgan fingerprint density at radius 2 is 2.15 bits per heavy atom. The summed E-state index contributed by atoms with van der Waals surface area (Å²) in [6.07, 6.45) is 0.523. The van der Waals surface area contributed by atoms with Gasteiger partial charge in [0.1, 0.15) is 4.90 Å². The third-order valence-electron chi connectivity index (χ3n) is 3.29. The number of hydrogen-bond donors (Lipinski definition) is 0. The molecule has 2 rings (SSSR count). The highest BCUT2D eigenvalue weighted by Gasteiger charge is 2.33. The van der Waals surface area contributed by atoms with Gasteiger partial charge in [-0.15, -0.1) is 11.6 Å². The normalized spacial score (nSPS) is 19.8. The molecule has 0 amide bonds. The summed E-state index contributed by atoms with van der Waals surface area (Å²) in [4.78, 5) is -0.692. The van der Waals surface area contributed by atoms with Crippen molar-refractivity contribution in [3.63, 3.8) is 0 Å². The lowest BCUT2D eigenvalue weighted by Gasteiger charge is -2.23. The SMILES string of the molecule is CN(C1CCOC1)S(=O)(=O)c1cc(CCl)cc(F)c1F. The molecule has 112 valence electrons. The van der Waals surface area contributed by atoms with E-state index in [1.54, 1.807) is 0 Å².